The summed E-state index contributed by atoms with van der Waals surface area (Å²) in [5.74, 6) is -1.18. The minimum Gasteiger partial charge on any atom is -0.478 e. The van der Waals surface area contributed by atoms with Crippen molar-refractivity contribution in [1.29, 1.82) is 0 Å². The molecule has 1 aromatic rings. The van der Waals surface area contributed by atoms with E-state index in [1.807, 2.05) is 22.6 Å². The Morgan fingerprint density at radius 1 is 1.48 bits per heavy atom. The fourth-order valence-electron chi connectivity index (χ4n) is 1.66. The quantitative estimate of drug-likeness (QED) is 0.548. The van der Waals surface area contributed by atoms with Gasteiger partial charge in [-0.3, -0.25) is 0 Å². The molecular formula is C12H16INO5S2. The standard InChI is InChI=1S/C12H16INO5S2/c1-7(11(6-15)20-2)14-21(18,19)8-3-4-10(13)9(5-8)12(16)17/h3-5,7,11,14-15H,6H2,1-2H3,(H,16,17). The maximum Gasteiger partial charge on any atom is 0.336 e. The van der Waals surface area contributed by atoms with Crippen LogP contribution in [0.5, 0.6) is 0 Å². The third-order valence-electron chi connectivity index (χ3n) is 2.86. The van der Waals surface area contributed by atoms with E-state index in [4.69, 9.17) is 5.11 Å². The first-order valence-electron chi connectivity index (χ1n) is 5.91. The number of carbonyl (C=O) groups is 1. The second-order valence-corrected chi connectivity index (χ2v) is 8.27. The van der Waals surface area contributed by atoms with E-state index < -0.39 is 22.0 Å². The third-order valence-corrected chi connectivity index (χ3v) is 6.52. The van der Waals surface area contributed by atoms with Crippen molar-refractivity contribution in [1.82, 2.24) is 4.72 Å². The average Bonchev–Trinajstić information content (AvgIpc) is 2.39. The molecule has 0 saturated carbocycles. The molecule has 0 amide bonds. The number of thioether (sulfide) groups is 1. The lowest BCUT2D eigenvalue weighted by molar-refractivity contribution is 0.0695. The highest BCUT2D eigenvalue weighted by Crippen LogP contribution is 2.19. The molecule has 21 heavy (non-hydrogen) atoms. The first-order chi connectivity index (χ1) is 9.72. The third kappa shape index (κ3) is 4.81. The first kappa shape index (κ1) is 18.7. The number of hydrogen-bond donors (Lipinski definition) is 3. The fraction of sp³-hybridized carbons (Fsp3) is 0.417. The van der Waals surface area contributed by atoms with Gasteiger partial charge in [0.15, 0.2) is 0 Å². The summed E-state index contributed by atoms with van der Waals surface area (Å²) in [5.41, 5.74) is -0.0605. The summed E-state index contributed by atoms with van der Waals surface area (Å²) < 4.78 is 27.5. The van der Waals surface area contributed by atoms with Crippen LogP contribution in [0.4, 0.5) is 0 Å². The molecule has 0 radical (unpaired) electrons. The Morgan fingerprint density at radius 3 is 2.57 bits per heavy atom. The van der Waals surface area contributed by atoms with E-state index in [1.54, 1.807) is 13.2 Å². The summed E-state index contributed by atoms with van der Waals surface area (Å²) in [6.07, 6.45) is 1.78. The zero-order chi connectivity index (χ0) is 16.2. The summed E-state index contributed by atoms with van der Waals surface area (Å²) in [5, 5.41) is 18.0. The van der Waals surface area contributed by atoms with Gasteiger partial charge in [-0.05, 0) is 54.0 Å². The predicted octanol–water partition coefficient (Wildman–Crippen LogP) is 1.38. The molecule has 1 aromatic carbocycles. The van der Waals surface area contributed by atoms with Crippen molar-refractivity contribution in [3.63, 3.8) is 0 Å². The van der Waals surface area contributed by atoms with Crippen molar-refractivity contribution in [2.75, 3.05) is 12.9 Å². The topological polar surface area (TPSA) is 104 Å². The van der Waals surface area contributed by atoms with Crippen molar-refractivity contribution in [3.05, 3.63) is 27.3 Å². The van der Waals surface area contributed by atoms with Crippen LogP contribution in [0.2, 0.25) is 0 Å². The molecule has 6 nitrogen and oxygen atoms in total. The largest absolute Gasteiger partial charge is 0.478 e. The van der Waals surface area contributed by atoms with Crippen LogP contribution in [0.1, 0.15) is 17.3 Å². The monoisotopic (exact) mass is 445 g/mol. The van der Waals surface area contributed by atoms with Gasteiger partial charge in [0.25, 0.3) is 0 Å². The summed E-state index contributed by atoms with van der Waals surface area (Å²) in [7, 11) is -3.84. The number of aliphatic hydroxyl groups is 1. The van der Waals surface area contributed by atoms with Gasteiger partial charge in [0, 0.05) is 14.9 Å². The van der Waals surface area contributed by atoms with Gasteiger partial charge in [0.05, 0.1) is 17.1 Å². The number of sulfonamides is 1. The van der Waals surface area contributed by atoms with Crippen molar-refractivity contribution < 1.29 is 23.4 Å². The lowest BCUT2D eigenvalue weighted by Crippen LogP contribution is -2.41. The molecule has 118 valence electrons. The van der Waals surface area contributed by atoms with Gasteiger partial charge in [-0.25, -0.2) is 17.9 Å². The molecule has 0 spiro atoms. The predicted molar refractivity (Wildman–Crippen MR) is 90.3 cm³/mol. The SMILES string of the molecule is CSC(CO)C(C)NS(=O)(=O)c1ccc(I)c(C(=O)O)c1. The number of carboxylic acid groups (broad SMARTS) is 1. The van der Waals surface area contributed by atoms with Gasteiger partial charge < -0.3 is 10.2 Å². The van der Waals surface area contributed by atoms with Crippen molar-refractivity contribution in [3.8, 4) is 0 Å². The number of carboxylic acids is 1. The molecule has 0 aromatic heterocycles. The second-order valence-electron chi connectivity index (χ2n) is 4.31. The molecule has 0 aliphatic carbocycles. The van der Waals surface area contributed by atoms with Crippen LogP contribution in [0.3, 0.4) is 0 Å². The molecule has 2 unspecified atom stereocenters. The fourth-order valence-corrected chi connectivity index (χ4v) is 4.25. The maximum absolute atomic E-state index is 12.3. The number of halogens is 1. The zero-order valence-electron chi connectivity index (χ0n) is 11.4. The molecule has 3 N–H and O–H groups in total. The van der Waals surface area contributed by atoms with Gasteiger partial charge >= 0.3 is 5.97 Å². The second kappa shape index (κ2) is 7.77. The normalized spacial score (nSPS) is 14.7. The Morgan fingerprint density at radius 2 is 2.10 bits per heavy atom. The number of aromatic carboxylic acids is 1. The highest BCUT2D eigenvalue weighted by Gasteiger charge is 2.24. The molecule has 1 rings (SSSR count). The minimum atomic E-state index is -3.84. The Kier molecular flexibility index (Phi) is 6.91. The Hall–Kier alpha value is -0.360. The van der Waals surface area contributed by atoms with Crippen LogP contribution in [-0.2, 0) is 10.0 Å². The van der Waals surface area contributed by atoms with E-state index in [2.05, 4.69) is 4.72 Å². The van der Waals surface area contributed by atoms with Crippen LogP contribution in [0.25, 0.3) is 0 Å². The number of aliphatic hydroxyl groups excluding tert-OH is 1. The highest BCUT2D eigenvalue weighted by atomic mass is 127. The molecule has 0 aliphatic rings. The Balaban J connectivity index is 3.09. The molecule has 0 aliphatic heterocycles. The van der Waals surface area contributed by atoms with Gasteiger partial charge in [-0.2, -0.15) is 11.8 Å². The van der Waals surface area contributed by atoms with Crippen LogP contribution >= 0.6 is 34.4 Å². The number of hydrogen-bond acceptors (Lipinski definition) is 5. The average molecular weight is 445 g/mol. The molecule has 0 bridgehead atoms. The van der Waals surface area contributed by atoms with E-state index in [9.17, 15) is 18.3 Å². The molecule has 0 fully saturated rings. The minimum absolute atomic E-state index is 0.0605. The van der Waals surface area contributed by atoms with Crippen LogP contribution in [0.15, 0.2) is 23.1 Å². The van der Waals surface area contributed by atoms with E-state index in [-0.39, 0.29) is 22.3 Å². The molecule has 2 atom stereocenters. The summed E-state index contributed by atoms with van der Waals surface area (Å²) in [6.45, 7) is 1.50. The van der Waals surface area contributed by atoms with E-state index in [0.29, 0.717) is 3.57 Å². The van der Waals surface area contributed by atoms with Crippen LogP contribution in [-0.4, -0.2) is 48.8 Å². The Labute approximate surface area is 141 Å². The summed E-state index contributed by atoms with van der Waals surface area (Å²) in [6, 6.07) is 3.45. The smallest absolute Gasteiger partial charge is 0.336 e. The lowest BCUT2D eigenvalue weighted by Gasteiger charge is -2.21. The number of rotatable bonds is 7. The molecule has 0 saturated heterocycles. The lowest BCUT2D eigenvalue weighted by atomic mass is 10.2. The van der Waals surface area contributed by atoms with Gasteiger partial charge in [0.1, 0.15) is 0 Å². The van der Waals surface area contributed by atoms with Crippen molar-refractivity contribution >= 4 is 50.3 Å². The molecular weight excluding hydrogens is 429 g/mol. The molecule has 9 heteroatoms. The Bertz CT molecular complexity index is 616. The van der Waals surface area contributed by atoms with E-state index in [1.165, 1.54) is 23.9 Å². The van der Waals surface area contributed by atoms with E-state index in [0.717, 1.165) is 6.07 Å². The zero-order valence-corrected chi connectivity index (χ0v) is 15.2. The maximum atomic E-state index is 12.3. The number of benzene rings is 1. The summed E-state index contributed by atoms with van der Waals surface area (Å²) in [4.78, 5) is 11.0. The summed E-state index contributed by atoms with van der Waals surface area (Å²) >= 11 is 3.19. The highest BCUT2D eigenvalue weighted by molar-refractivity contribution is 14.1. The van der Waals surface area contributed by atoms with E-state index >= 15 is 0 Å². The van der Waals surface area contributed by atoms with Crippen LogP contribution < -0.4 is 4.72 Å². The molecule has 0 heterocycles. The first-order valence-corrected chi connectivity index (χ1v) is 9.76. The van der Waals surface area contributed by atoms with Crippen molar-refractivity contribution in [2.45, 2.75) is 23.1 Å². The van der Waals surface area contributed by atoms with Gasteiger partial charge in [0.2, 0.25) is 10.0 Å². The van der Waals surface area contributed by atoms with Crippen molar-refractivity contribution in [2.24, 2.45) is 0 Å². The van der Waals surface area contributed by atoms with Gasteiger partial charge in [-0.1, -0.05) is 0 Å². The van der Waals surface area contributed by atoms with Crippen LogP contribution in [0, 0.1) is 3.57 Å². The van der Waals surface area contributed by atoms with Gasteiger partial charge in [-0.15, -0.1) is 0 Å². The number of nitrogens with one attached hydrogen (secondary N) is 1.